The van der Waals surface area contributed by atoms with Crippen LogP contribution in [0.5, 0.6) is 0 Å². The van der Waals surface area contributed by atoms with Crippen molar-refractivity contribution in [3.05, 3.63) is 229 Å². The van der Waals surface area contributed by atoms with Crippen LogP contribution < -0.4 is 10.6 Å². The van der Waals surface area contributed by atoms with Gasteiger partial charge in [-0.1, -0.05) is 170 Å². The molecule has 0 saturated carbocycles. The van der Waals surface area contributed by atoms with Crippen LogP contribution in [0.4, 0.5) is 22.7 Å². The minimum Gasteiger partial charge on any atom is -0.355 e. The van der Waals surface area contributed by atoms with Crippen LogP contribution in [0.3, 0.4) is 0 Å². The summed E-state index contributed by atoms with van der Waals surface area (Å²) in [6.45, 7) is 0. The molecule has 0 aromatic heterocycles. The Morgan fingerprint density at radius 3 is 1.02 bits per heavy atom. The standard InChI is InChI=1S/C49H36N2/c1-3-15-35(16-4-1)41-19-9-13-25-47(41)50-39-31-27-37(28-32-39)49(45-23-11-7-21-43(45)44-22-8-12-24-46(44)49)38-29-33-40(34-30-38)51-48-26-14-10-20-42(48)36-17-5-2-6-18-36/h1-34,50-51H. The Morgan fingerprint density at radius 1 is 0.275 bits per heavy atom. The maximum absolute atomic E-state index is 3.72. The summed E-state index contributed by atoms with van der Waals surface area (Å²) in [5, 5.41) is 7.44. The van der Waals surface area contributed by atoms with Crippen LogP contribution in [-0.4, -0.2) is 0 Å². The largest absolute Gasteiger partial charge is 0.355 e. The highest BCUT2D eigenvalue weighted by molar-refractivity contribution is 5.87. The molecule has 242 valence electrons. The van der Waals surface area contributed by atoms with Gasteiger partial charge in [0.1, 0.15) is 0 Å². The van der Waals surface area contributed by atoms with E-state index in [1.807, 2.05) is 0 Å². The second-order valence-electron chi connectivity index (χ2n) is 13.1. The number of para-hydroxylation sites is 2. The molecule has 0 aliphatic heterocycles. The van der Waals surface area contributed by atoms with Crippen molar-refractivity contribution in [3.8, 4) is 33.4 Å². The fraction of sp³-hybridized carbons (Fsp3) is 0.0204. The normalized spacial score (nSPS) is 12.5. The monoisotopic (exact) mass is 652 g/mol. The predicted molar refractivity (Wildman–Crippen MR) is 214 cm³/mol. The molecule has 2 heteroatoms. The van der Waals surface area contributed by atoms with Crippen LogP contribution in [0.15, 0.2) is 206 Å². The van der Waals surface area contributed by atoms with Crippen molar-refractivity contribution >= 4 is 22.7 Å². The first-order valence-electron chi connectivity index (χ1n) is 17.5. The zero-order valence-electron chi connectivity index (χ0n) is 28.1. The summed E-state index contributed by atoms with van der Waals surface area (Å²) >= 11 is 0. The Balaban J connectivity index is 1.12. The van der Waals surface area contributed by atoms with E-state index in [1.54, 1.807) is 0 Å². The Hall–Kier alpha value is -6.64. The van der Waals surface area contributed by atoms with Gasteiger partial charge in [-0.05, 0) is 80.9 Å². The number of benzene rings is 8. The van der Waals surface area contributed by atoms with E-state index >= 15 is 0 Å². The average Bonchev–Trinajstić information content (AvgIpc) is 3.51. The van der Waals surface area contributed by atoms with Crippen LogP contribution in [0.2, 0.25) is 0 Å². The van der Waals surface area contributed by atoms with Gasteiger partial charge in [-0.15, -0.1) is 0 Å². The second kappa shape index (κ2) is 13.0. The third-order valence-corrected chi connectivity index (χ3v) is 10.2. The molecule has 9 rings (SSSR count). The van der Waals surface area contributed by atoms with Gasteiger partial charge in [0.25, 0.3) is 0 Å². The molecule has 0 saturated heterocycles. The number of anilines is 4. The Bertz CT molecular complexity index is 2270. The fourth-order valence-electron chi connectivity index (χ4n) is 7.86. The van der Waals surface area contributed by atoms with E-state index < -0.39 is 5.41 Å². The van der Waals surface area contributed by atoms with Gasteiger partial charge in [0.15, 0.2) is 0 Å². The highest BCUT2D eigenvalue weighted by Gasteiger charge is 2.45. The zero-order chi connectivity index (χ0) is 34.0. The summed E-state index contributed by atoms with van der Waals surface area (Å²) < 4.78 is 0. The van der Waals surface area contributed by atoms with Gasteiger partial charge >= 0.3 is 0 Å². The molecule has 0 spiro atoms. The molecule has 0 heterocycles. The lowest BCUT2D eigenvalue weighted by molar-refractivity contribution is 0.769. The molecule has 8 aromatic rings. The summed E-state index contributed by atoms with van der Waals surface area (Å²) in [5.74, 6) is 0. The molecule has 0 atom stereocenters. The van der Waals surface area contributed by atoms with Crippen molar-refractivity contribution in [1.29, 1.82) is 0 Å². The van der Waals surface area contributed by atoms with Crippen molar-refractivity contribution in [3.63, 3.8) is 0 Å². The van der Waals surface area contributed by atoms with E-state index in [9.17, 15) is 0 Å². The molecule has 0 amide bonds. The summed E-state index contributed by atoms with van der Waals surface area (Å²) in [6, 6.07) is 74.0. The van der Waals surface area contributed by atoms with E-state index in [4.69, 9.17) is 0 Å². The Morgan fingerprint density at radius 2 is 0.608 bits per heavy atom. The lowest BCUT2D eigenvalue weighted by atomic mass is 9.67. The first-order chi connectivity index (χ1) is 25.3. The Kier molecular flexibility index (Phi) is 7.75. The van der Waals surface area contributed by atoms with Crippen molar-refractivity contribution < 1.29 is 0 Å². The van der Waals surface area contributed by atoms with E-state index in [-0.39, 0.29) is 0 Å². The smallest absolute Gasteiger partial charge is 0.0713 e. The van der Waals surface area contributed by atoms with E-state index in [0.717, 1.165) is 22.7 Å². The lowest BCUT2D eigenvalue weighted by Gasteiger charge is -2.34. The Labute approximate surface area is 299 Å². The van der Waals surface area contributed by atoms with Crippen LogP contribution >= 0.6 is 0 Å². The minimum absolute atomic E-state index is 0.478. The second-order valence-corrected chi connectivity index (χ2v) is 13.1. The number of fused-ring (bicyclic) bond motifs is 3. The third kappa shape index (κ3) is 5.39. The van der Waals surface area contributed by atoms with Crippen molar-refractivity contribution in [2.24, 2.45) is 0 Å². The summed E-state index contributed by atoms with van der Waals surface area (Å²) in [5.41, 5.74) is 16.2. The topological polar surface area (TPSA) is 24.1 Å². The number of nitrogens with one attached hydrogen (secondary N) is 2. The fourth-order valence-corrected chi connectivity index (χ4v) is 7.86. The molecule has 0 unspecified atom stereocenters. The van der Waals surface area contributed by atoms with Gasteiger partial charge < -0.3 is 10.6 Å². The molecule has 1 aliphatic rings. The van der Waals surface area contributed by atoms with Crippen molar-refractivity contribution in [1.82, 2.24) is 0 Å². The number of hydrogen-bond donors (Lipinski definition) is 2. The molecule has 51 heavy (non-hydrogen) atoms. The maximum Gasteiger partial charge on any atom is 0.0713 e. The number of hydrogen-bond acceptors (Lipinski definition) is 2. The van der Waals surface area contributed by atoms with Gasteiger partial charge in [-0.25, -0.2) is 0 Å². The lowest BCUT2D eigenvalue weighted by Crippen LogP contribution is -2.28. The summed E-state index contributed by atoms with van der Waals surface area (Å²) in [4.78, 5) is 0. The van der Waals surface area contributed by atoms with Gasteiger partial charge in [0, 0.05) is 33.9 Å². The molecule has 0 fully saturated rings. The molecule has 8 aromatic carbocycles. The van der Waals surface area contributed by atoms with Crippen molar-refractivity contribution in [2.45, 2.75) is 5.41 Å². The zero-order valence-corrected chi connectivity index (χ0v) is 28.1. The van der Waals surface area contributed by atoms with Gasteiger partial charge in [0.05, 0.1) is 5.41 Å². The van der Waals surface area contributed by atoms with E-state index in [2.05, 4.69) is 217 Å². The first-order valence-corrected chi connectivity index (χ1v) is 17.5. The van der Waals surface area contributed by atoms with Crippen LogP contribution in [0, 0.1) is 0 Å². The maximum atomic E-state index is 3.72. The van der Waals surface area contributed by atoms with E-state index in [1.165, 1.54) is 55.6 Å². The average molecular weight is 653 g/mol. The van der Waals surface area contributed by atoms with Crippen LogP contribution in [-0.2, 0) is 5.41 Å². The molecule has 2 nitrogen and oxygen atoms in total. The predicted octanol–water partition coefficient (Wildman–Crippen LogP) is 12.9. The van der Waals surface area contributed by atoms with Gasteiger partial charge in [-0.2, -0.15) is 0 Å². The van der Waals surface area contributed by atoms with Gasteiger partial charge in [-0.3, -0.25) is 0 Å². The van der Waals surface area contributed by atoms with Crippen molar-refractivity contribution in [2.75, 3.05) is 10.6 Å². The molecular formula is C49H36N2. The molecule has 0 bridgehead atoms. The van der Waals surface area contributed by atoms with E-state index in [0.29, 0.717) is 0 Å². The molecule has 0 radical (unpaired) electrons. The highest BCUT2D eigenvalue weighted by Crippen LogP contribution is 2.56. The van der Waals surface area contributed by atoms with Gasteiger partial charge in [0.2, 0.25) is 0 Å². The van der Waals surface area contributed by atoms with Crippen LogP contribution in [0.25, 0.3) is 33.4 Å². The number of rotatable bonds is 8. The first kappa shape index (κ1) is 30.4. The highest BCUT2D eigenvalue weighted by atomic mass is 14.9. The molecular weight excluding hydrogens is 617 g/mol. The van der Waals surface area contributed by atoms with Crippen LogP contribution in [0.1, 0.15) is 22.3 Å². The summed E-state index contributed by atoms with van der Waals surface area (Å²) in [7, 11) is 0. The quantitative estimate of drug-likeness (QED) is 0.171. The summed E-state index contributed by atoms with van der Waals surface area (Å²) in [6.07, 6.45) is 0. The third-order valence-electron chi connectivity index (χ3n) is 10.2. The molecule has 1 aliphatic carbocycles. The SMILES string of the molecule is c1ccc(-c2ccccc2Nc2ccc(C3(c4ccc(Nc5ccccc5-c5ccccc5)cc4)c4ccccc4-c4ccccc43)cc2)cc1. The molecule has 2 N–H and O–H groups in total. The minimum atomic E-state index is -0.478.